The molecule has 1 aliphatic heterocycles. The summed E-state index contributed by atoms with van der Waals surface area (Å²) in [7, 11) is 0. The summed E-state index contributed by atoms with van der Waals surface area (Å²) < 4.78 is 15.9. The normalized spacial score (nSPS) is 13.8. The van der Waals surface area contributed by atoms with Gasteiger partial charge in [0.25, 0.3) is 17.4 Å². The minimum Gasteiger partial charge on any atom is -0.457 e. The highest BCUT2D eigenvalue weighted by Gasteiger charge is 2.36. The summed E-state index contributed by atoms with van der Waals surface area (Å²) in [6, 6.07) is 37.4. The van der Waals surface area contributed by atoms with Crippen LogP contribution in [0.15, 0.2) is 139 Å². The second-order valence-electron chi connectivity index (χ2n) is 25.1. The van der Waals surface area contributed by atoms with Crippen LogP contribution in [0.3, 0.4) is 0 Å². The van der Waals surface area contributed by atoms with Crippen molar-refractivity contribution in [2.24, 2.45) is 10.8 Å². The molecule has 11 aromatic rings. The molecule has 0 unspecified atom stereocenters. The molecular weight excluding hydrogens is 937 g/mol. The fourth-order valence-corrected chi connectivity index (χ4v) is 13.8. The van der Waals surface area contributed by atoms with Crippen molar-refractivity contribution >= 4 is 105 Å². The van der Waals surface area contributed by atoms with Crippen molar-refractivity contribution in [3.8, 4) is 23.0 Å². The molecule has 0 radical (unpaired) electrons. The van der Waals surface area contributed by atoms with Crippen LogP contribution in [0.4, 0.5) is 0 Å². The molecule has 0 saturated carbocycles. The SMILES string of the molecule is C=CCN1C(=O)c2ccc3c4ccc5c6c(Oc7ccc(C(C)(C)CC(C)(C)C)cc7)cc7c(=O)n(CC=C)c(=C)c8ccc(c9ccc(c%10c(Oc%11ccc(C(C)(C)CC(C)(C)C)cc%11)cc(c2c3%10)C1=O)c4c95)c6c87. The van der Waals surface area contributed by atoms with Crippen LogP contribution in [0.25, 0.3) is 92.8 Å². The lowest BCUT2D eigenvalue weighted by Gasteiger charge is -2.33. The van der Waals surface area contributed by atoms with Crippen LogP contribution in [-0.2, 0) is 17.4 Å². The van der Waals surface area contributed by atoms with Crippen LogP contribution >= 0.6 is 0 Å². The van der Waals surface area contributed by atoms with E-state index in [4.69, 9.17) is 9.47 Å². The van der Waals surface area contributed by atoms with E-state index >= 15 is 0 Å². The van der Waals surface area contributed by atoms with Gasteiger partial charge in [0.1, 0.15) is 23.0 Å². The molecule has 12 rings (SSSR count). The molecule has 7 nitrogen and oxygen atoms in total. The van der Waals surface area contributed by atoms with Crippen molar-refractivity contribution in [1.82, 2.24) is 9.47 Å². The van der Waals surface area contributed by atoms with Crippen molar-refractivity contribution in [1.29, 1.82) is 0 Å². The van der Waals surface area contributed by atoms with E-state index in [1.54, 1.807) is 16.7 Å². The number of imide groups is 1. The van der Waals surface area contributed by atoms with Crippen molar-refractivity contribution < 1.29 is 19.1 Å². The van der Waals surface area contributed by atoms with Crippen LogP contribution in [0.1, 0.15) is 114 Å². The molecule has 1 aliphatic rings. The Morgan fingerprint density at radius 3 is 1.33 bits per heavy atom. The zero-order chi connectivity index (χ0) is 53.7. The minimum absolute atomic E-state index is 0.0665. The number of carbonyl (C=O) groups excluding carboxylic acids is 2. The van der Waals surface area contributed by atoms with Gasteiger partial charge in [-0.1, -0.05) is 155 Å². The first-order valence-corrected chi connectivity index (χ1v) is 26.5. The number of amides is 2. The van der Waals surface area contributed by atoms with E-state index in [1.807, 2.05) is 48.5 Å². The number of pyridine rings is 1. The summed E-state index contributed by atoms with van der Waals surface area (Å²) in [6.07, 6.45) is 5.32. The highest BCUT2D eigenvalue weighted by atomic mass is 16.5. The third kappa shape index (κ3) is 7.40. The zero-order valence-electron chi connectivity index (χ0n) is 45.4. The number of fused-ring (bicyclic) bond motifs is 4. The Morgan fingerprint density at radius 1 is 0.434 bits per heavy atom. The third-order valence-corrected chi connectivity index (χ3v) is 16.1. The number of hydrogen-bond acceptors (Lipinski definition) is 5. The van der Waals surface area contributed by atoms with Crippen molar-refractivity contribution in [2.45, 2.75) is 99.5 Å². The highest BCUT2D eigenvalue weighted by molar-refractivity contribution is 6.46. The Hall–Kier alpha value is -8.03. The van der Waals surface area contributed by atoms with Gasteiger partial charge in [-0.3, -0.25) is 19.3 Å². The summed E-state index contributed by atoms with van der Waals surface area (Å²) in [5, 5.41) is 14.8. The van der Waals surface area contributed by atoms with Gasteiger partial charge in [-0.05, 0) is 131 Å². The topological polar surface area (TPSA) is 77.8 Å². The van der Waals surface area contributed by atoms with Crippen LogP contribution in [0.5, 0.6) is 23.0 Å². The van der Waals surface area contributed by atoms with Crippen LogP contribution in [0.2, 0.25) is 0 Å². The highest BCUT2D eigenvalue weighted by Crippen LogP contribution is 2.54. The number of aromatic nitrogens is 1. The molecule has 0 aliphatic carbocycles. The minimum atomic E-state index is -0.387. The standard InChI is InChI=1S/C69H64N2O5/c1-14-32-70-38(3)43-24-25-46-44-26-30-49-57-45(27-29-48(56(44)57)59-53(34-51(64(70)73)55(43)61(46)59)75-41-20-16-39(17-21-41)68(10,11)36-66(4,5)6)47-28-31-50-58-52(65(74)71(33-15-2)63(50)72)35-54(60(49)62(47)58)76-42-22-18-40(19-23-42)69(12,13)37-67(7,8)9/h14-31,34-35H,1-3,32-33,36-37H2,4-13H3. The second-order valence-corrected chi connectivity index (χ2v) is 25.1. The van der Waals surface area contributed by atoms with Gasteiger partial charge in [-0.2, -0.15) is 0 Å². The largest absolute Gasteiger partial charge is 0.457 e. The number of benzene rings is 10. The van der Waals surface area contributed by atoms with Crippen molar-refractivity contribution in [2.75, 3.05) is 6.54 Å². The van der Waals surface area contributed by atoms with E-state index in [1.165, 1.54) is 16.0 Å². The summed E-state index contributed by atoms with van der Waals surface area (Å²) in [6.45, 7) is 35.5. The van der Waals surface area contributed by atoms with Crippen LogP contribution in [0, 0.1) is 10.8 Å². The predicted octanol–water partition coefficient (Wildman–Crippen LogP) is 17.1. The fourth-order valence-electron chi connectivity index (χ4n) is 13.8. The first-order chi connectivity index (χ1) is 36.0. The maximum atomic E-state index is 14.7. The number of ether oxygens (including phenoxy) is 2. The predicted molar refractivity (Wildman–Crippen MR) is 317 cm³/mol. The molecule has 10 aromatic carbocycles. The fraction of sp³-hybridized carbons (Fsp3) is 0.261. The monoisotopic (exact) mass is 1000 g/mol. The Balaban J connectivity index is 1.16. The number of hydrogen-bond donors (Lipinski definition) is 0. The summed E-state index contributed by atoms with van der Waals surface area (Å²) >= 11 is 0. The summed E-state index contributed by atoms with van der Waals surface area (Å²) in [5.74, 6) is 1.65. The van der Waals surface area contributed by atoms with Gasteiger partial charge in [0.15, 0.2) is 0 Å². The first-order valence-electron chi connectivity index (χ1n) is 26.5. The molecule has 7 heteroatoms. The lowest BCUT2D eigenvalue weighted by Crippen LogP contribution is -2.40. The smallest absolute Gasteiger partial charge is 0.261 e. The number of allylic oxidation sites excluding steroid dienone is 1. The maximum Gasteiger partial charge on any atom is 0.261 e. The number of carbonyl (C=O) groups is 2. The van der Waals surface area contributed by atoms with Gasteiger partial charge in [0.2, 0.25) is 0 Å². The molecule has 0 fully saturated rings. The molecule has 0 atom stereocenters. The lowest BCUT2D eigenvalue weighted by atomic mass is 9.72. The van der Waals surface area contributed by atoms with E-state index in [0.717, 1.165) is 88.2 Å². The van der Waals surface area contributed by atoms with Gasteiger partial charge in [0.05, 0.1) is 10.9 Å². The Bertz CT molecular complexity index is 4410. The van der Waals surface area contributed by atoms with Crippen LogP contribution < -0.4 is 20.4 Å². The molecular formula is C69H64N2O5. The van der Waals surface area contributed by atoms with E-state index in [0.29, 0.717) is 56.8 Å². The Morgan fingerprint density at radius 2 is 0.842 bits per heavy atom. The van der Waals surface area contributed by atoms with Gasteiger partial charge in [-0.15, -0.1) is 13.2 Å². The van der Waals surface area contributed by atoms with Gasteiger partial charge < -0.3 is 14.0 Å². The van der Waals surface area contributed by atoms with Gasteiger partial charge in [0, 0.05) is 61.7 Å². The summed E-state index contributed by atoms with van der Waals surface area (Å²) in [4.78, 5) is 44.9. The second kappa shape index (κ2) is 16.7. The van der Waals surface area contributed by atoms with Gasteiger partial charge in [-0.25, -0.2) is 0 Å². The molecule has 0 N–H and O–H groups in total. The van der Waals surface area contributed by atoms with Crippen molar-refractivity contribution in [3.05, 3.63) is 172 Å². The molecule has 0 spiro atoms. The van der Waals surface area contributed by atoms with E-state index in [9.17, 15) is 14.4 Å². The molecule has 0 saturated heterocycles. The average Bonchev–Trinajstić information content (AvgIpc) is 3.56. The Kier molecular flexibility index (Phi) is 10.8. The van der Waals surface area contributed by atoms with E-state index < -0.39 is 0 Å². The number of nitrogens with zero attached hydrogens (tertiary/aromatic N) is 2. The number of rotatable bonds is 12. The van der Waals surface area contributed by atoms with Crippen LogP contribution in [-0.4, -0.2) is 27.8 Å². The molecule has 76 heavy (non-hydrogen) atoms. The summed E-state index contributed by atoms with van der Waals surface area (Å²) in [5.41, 5.74) is 3.29. The first kappa shape index (κ1) is 48.9. The quantitative estimate of drug-likeness (QED) is 0.0527. The average molecular weight is 1000 g/mol. The maximum absolute atomic E-state index is 14.7. The zero-order valence-corrected chi connectivity index (χ0v) is 45.4. The molecule has 2 amide bonds. The van der Waals surface area contributed by atoms with E-state index in [-0.39, 0.29) is 45.6 Å². The van der Waals surface area contributed by atoms with E-state index in [2.05, 4.69) is 150 Å². The molecule has 380 valence electrons. The molecule has 1 aromatic heterocycles. The third-order valence-electron chi connectivity index (χ3n) is 16.1. The molecule has 2 heterocycles. The molecule has 0 bridgehead atoms. The van der Waals surface area contributed by atoms with Crippen molar-refractivity contribution in [3.63, 3.8) is 0 Å². The Labute approximate surface area is 443 Å². The van der Waals surface area contributed by atoms with Gasteiger partial charge >= 0.3 is 0 Å². The lowest BCUT2D eigenvalue weighted by molar-refractivity contribution is 0.0628.